The van der Waals surface area contributed by atoms with Gasteiger partial charge in [0.2, 0.25) is 0 Å². The third-order valence-corrected chi connectivity index (χ3v) is 11.4. The molecule has 1 aliphatic heterocycles. The Hall–Kier alpha value is -2.47. The quantitative estimate of drug-likeness (QED) is 0.0200. The first-order valence-electron chi connectivity index (χ1n) is 25.5. The number of nitrogens with zero attached hydrogens (tertiary/aromatic N) is 1. The second kappa shape index (κ2) is 43.8. The Labute approximate surface area is 379 Å². The summed E-state index contributed by atoms with van der Waals surface area (Å²) in [6, 6.07) is 0. The minimum absolute atomic E-state index is 0.00811. The summed E-state index contributed by atoms with van der Waals surface area (Å²) in [7, 11) is 0. The van der Waals surface area contributed by atoms with Crippen molar-refractivity contribution < 1.29 is 43.2 Å². The van der Waals surface area contributed by atoms with Gasteiger partial charge in [-0.25, -0.2) is 4.79 Å². The van der Waals surface area contributed by atoms with Gasteiger partial charge in [-0.2, -0.15) is 0 Å². The monoisotopic (exact) mass is 879 g/mol. The Morgan fingerprint density at radius 2 is 1.08 bits per heavy atom. The number of piperidine rings is 1. The largest absolute Gasteiger partial charge is 0.465 e. The summed E-state index contributed by atoms with van der Waals surface area (Å²) in [6.45, 7) is 10.8. The highest BCUT2D eigenvalue weighted by Crippen LogP contribution is 2.14. The van der Waals surface area contributed by atoms with Crippen molar-refractivity contribution in [2.45, 2.75) is 219 Å². The normalized spacial score (nSPS) is 14.3. The fourth-order valence-electron chi connectivity index (χ4n) is 7.32. The van der Waals surface area contributed by atoms with Crippen molar-refractivity contribution in [3.05, 3.63) is 24.3 Å². The lowest BCUT2D eigenvalue weighted by atomic mass is 10.1. The number of carbonyl (C=O) groups excluding carboxylic acids is 3. The van der Waals surface area contributed by atoms with Crippen LogP contribution in [0.25, 0.3) is 0 Å². The molecular weight excluding hydrogens is 785 g/mol. The van der Waals surface area contributed by atoms with Crippen molar-refractivity contribution in [2.75, 3.05) is 59.2 Å². The topological polar surface area (TPSA) is 133 Å². The molecule has 1 aliphatic rings. The first-order chi connectivity index (χ1) is 30.4. The van der Waals surface area contributed by atoms with E-state index in [1.54, 1.807) is 0 Å². The molecular formula is C51H94N2O9. The second-order valence-electron chi connectivity index (χ2n) is 17.4. The summed E-state index contributed by atoms with van der Waals surface area (Å²) < 4.78 is 29.0. The lowest BCUT2D eigenvalue weighted by molar-refractivity contribution is -0.161. The van der Waals surface area contributed by atoms with Gasteiger partial charge in [0.25, 0.3) is 0 Å². The number of amides is 1. The summed E-state index contributed by atoms with van der Waals surface area (Å²) >= 11 is 0. The molecule has 0 spiro atoms. The van der Waals surface area contributed by atoms with E-state index in [9.17, 15) is 19.5 Å². The van der Waals surface area contributed by atoms with E-state index in [-0.39, 0.29) is 38.3 Å². The zero-order valence-electron chi connectivity index (χ0n) is 40.1. The van der Waals surface area contributed by atoms with Crippen molar-refractivity contribution in [1.29, 1.82) is 0 Å². The van der Waals surface area contributed by atoms with Crippen LogP contribution in [0.2, 0.25) is 0 Å². The molecule has 1 unspecified atom stereocenters. The third-order valence-electron chi connectivity index (χ3n) is 11.4. The van der Waals surface area contributed by atoms with Gasteiger partial charge < -0.3 is 39.0 Å². The Morgan fingerprint density at radius 1 is 0.597 bits per heavy atom. The maximum Gasteiger partial charge on any atom is 0.407 e. The molecule has 0 radical (unpaired) electrons. The molecule has 1 rings (SSSR count). The molecule has 0 bridgehead atoms. The number of unbranched alkanes of at least 4 members (excludes halogenated alkanes) is 18. The standard InChI is InChI=1S/C51H94N2O9/c1-4-7-10-13-16-17-18-19-20-21-22-23-24-25-28-32-48(55)60-43-46(45-62-51(57)52-37-31-38-53-39-35-47(54)36-40-53)44-61-49(56)33-34-50(58-41-29-26-14-11-8-5-2)59-42-30-27-15-12-9-6-3/h16-17,19-20,46-47,50,54H,4-15,18,21-45H2,1-3H3,(H,52,57)/b17-16-,20-19-. The fourth-order valence-corrected chi connectivity index (χ4v) is 7.32. The van der Waals surface area contributed by atoms with E-state index >= 15 is 0 Å². The van der Waals surface area contributed by atoms with Crippen LogP contribution in [0.1, 0.15) is 207 Å². The number of likely N-dealkylation sites (tertiary alicyclic amines) is 1. The van der Waals surface area contributed by atoms with Gasteiger partial charge in [-0.3, -0.25) is 9.59 Å². The van der Waals surface area contributed by atoms with Gasteiger partial charge in [-0.05, 0) is 77.2 Å². The van der Waals surface area contributed by atoms with Crippen LogP contribution >= 0.6 is 0 Å². The minimum Gasteiger partial charge on any atom is -0.465 e. The van der Waals surface area contributed by atoms with Crippen LogP contribution in [0, 0.1) is 5.92 Å². The number of hydrogen-bond acceptors (Lipinski definition) is 10. The smallest absolute Gasteiger partial charge is 0.407 e. The number of allylic oxidation sites excluding steroid dienone is 4. The Morgan fingerprint density at radius 3 is 1.68 bits per heavy atom. The van der Waals surface area contributed by atoms with E-state index in [0.29, 0.717) is 32.6 Å². The Balaban J connectivity index is 2.53. The molecule has 0 aliphatic carbocycles. The van der Waals surface area contributed by atoms with Crippen LogP contribution < -0.4 is 5.32 Å². The zero-order chi connectivity index (χ0) is 45.0. The summed E-state index contributed by atoms with van der Waals surface area (Å²) in [6.07, 6.45) is 37.3. The van der Waals surface area contributed by atoms with Crippen molar-refractivity contribution in [2.24, 2.45) is 5.92 Å². The van der Waals surface area contributed by atoms with Crippen LogP contribution in [0.3, 0.4) is 0 Å². The number of aliphatic hydroxyl groups excluding tert-OH is 1. The summed E-state index contributed by atoms with van der Waals surface area (Å²) in [4.78, 5) is 40.6. The predicted molar refractivity (Wildman–Crippen MR) is 252 cm³/mol. The average molecular weight is 879 g/mol. The van der Waals surface area contributed by atoms with E-state index in [0.717, 1.165) is 110 Å². The maximum atomic E-state index is 13.0. The summed E-state index contributed by atoms with van der Waals surface area (Å²) in [5.74, 6) is -1.19. The summed E-state index contributed by atoms with van der Waals surface area (Å²) in [5.41, 5.74) is 0. The fraction of sp³-hybridized carbons (Fsp3) is 0.863. The summed E-state index contributed by atoms with van der Waals surface area (Å²) in [5, 5.41) is 12.5. The van der Waals surface area contributed by atoms with Gasteiger partial charge in [0.1, 0.15) is 19.8 Å². The van der Waals surface area contributed by atoms with Gasteiger partial charge in [0, 0.05) is 45.7 Å². The van der Waals surface area contributed by atoms with E-state index < -0.39 is 24.3 Å². The van der Waals surface area contributed by atoms with Crippen molar-refractivity contribution >= 4 is 18.0 Å². The molecule has 0 aromatic carbocycles. The van der Waals surface area contributed by atoms with E-state index in [1.165, 1.54) is 77.0 Å². The molecule has 62 heavy (non-hydrogen) atoms. The van der Waals surface area contributed by atoms with E-state index in [4.69, 9.17) is 23.7 Å². The van der Waals surface area contributed by atoms with Crippen LogP contribution in [-0.2, 0) is 33.3 Å². The molecule has 11 heteroatoms. The van der Waals surface area contributed by atoms with Gasteiger partial charge in [0.15, 0.2) is 6.29 Å². The number of carbonyl (C=O) groups is 3. The van der Waals surface area contributed by atoms with Crippen LogP contribution in [-0.4, -0.2) is 99.6 Å². The first-order valence-corrected chi connectivity index (χ1v) is 25.5. The van der Waals surface area contributed by atoms with E-state index in [2.05, 4.69) is 55.3 Å². The Bertz CT molecular complexity index is 1080. The van der Waals surface area contributed by atoms with Crippen LogP contribution in [0.15, 0.2) is 24.3 Å². The number of hydrogen-bond donors (Lipinski definition) is 2. The molecule has 0 saturated carbocycles. The molecule has 1 fully saturated rings. The SMILES string of the molecule is CCCCC/C=C\C/C=C\CCCCCCCC(=O)OCC(COC(=O)CCC(OCCCCCCCC)OCCCCCCCC)COC(=O)NCCCN1CCC(O)CC1. The van der Waals surface area contributed by atoms with Gasteiger partial charge >= 0.3 is 18.0 Å². The molecule has 1 atom stereocenters. The van der Waals surface area contributed by atoms with Crippen molar-refractivity contribution in [1.82, 2.24) is 10.2 Å². The number of rotatable bonds is 43. The van der Waals surface area contributed by atoms with E-state index in [1.807, 2.05) is 0 Å². The zero-order valence-corrected chi connectivity index (χ0v) is 40.1. The molecule has 362 valence electrons. The third kappa shape index (κ3) is 38.0. The average Bonchev–Trinajstić information content (AvgIpc) is 3.27. The lowest BCUT2D eigenvalue weighted by Gasteiger charge is -2.29. The molecule has 1 heterocycles. The predicted octanol–water partition coefficient (Wildman–Crippen LogP) is 11.9. The second-order valence-corrected chi connectivity index (χ2v) is 17.4. The lowest BCUT2D eigenvalue weighted by Crippen LogP contribution is -2.38. The van der Waals surface area contributed by atoms with Gasteiger partial charge in [0.05, 0.1) is 18.4 Å². The number of ether oxygens (including phenoxy) is 5. The number of alkyl carbamates (subject to hydrolysis) is 1. The van der Waals surface area contributed by atoms with Gasteiger partial charge in [-0.15, -0.1) is 0 Å². The Kier molecular flexibility index (Phi) is 40.6. The maximum absolute atomic E-state index is 13.0. The van der Waals surface area contributed by atoms with Crippen molar-refractivity contribution in [3.8, 4) is 0 Å². The molecule has 0 aromatic rings. The number of esters is 2. The van der Waals surface area contributed by atoms with Gasteiger partial charge in [-0.1, -0.05) is 141 Å². The number of nitrogens with one attached hydrogen (secondary N) is 1. The molecule has 1 amide bonds. The highest BCUT2D eigenvalue weighted by atomic mass is 16.7. The van der Waals surface area contributed by atoms with Crippen molar-refractivity contribution in [3.63, 3.8) is 0 Å². The number of aliphatic hydroxyl groups is 1. The molecule has 2 N–H and O–H groups in total. The first kappa shape index (κ1) is 57.5. The minimum atomic E-state index is -0.556. The van der Waals surface area contributed by atoms with Crippen LogP contribution in [0.4, 0.5) is 4.79 Å². The molecule has 0 aromatic heterocycles. The highest BCUT2D eigenvalue weighted by molar-refractivity contribution is 5.70. The highest BCUT2D eigenvalue weighted by Gasteiger charge is 2.20. The molecule has 1 saturated heterocycles. The molecule has 11 nitrogen and oxygen atoms in total. The van der Waals surface area contributed by atoms with Crippen LogP contribution in [0.5, 0.6) is 0 Å².